The minimum Gasteiger partial charge on any atom is -0.348 e. The fourth-order valence-corrected chi connectivity index (χ4v) is 3.73. The van der Waals surface area contributed by atoms with Crippen molar-refractivity contribution in [3.63, 3.8) is 0 Å². The summed E-state index contributed by atoms with van der Waals surface area (Å²) in [6.45, 7) is 3.48. The molecule has 0 fully saturated rings. The van der Waals surface area contributed by atoms with Gasteiger partial charge in [0.1, 0.15) is 0 Å². The highest BCUT2D eigenvalue weighted by Crippen LogP contribution is 2.32. The number of aromatic amines is 1. The van der Waals surface area contributed by atoms with Crippen LogP contribution in [-0.2, 0) is 17.8 Å². The molecule has 24 heavy (non-hydrogen) atoms. The lowest BCUT2D eigenvalue weighted by molar-refractivity contribution is -0.114. The van der Waals surface area contributed by atoms with Gasteiger partial charge in [-0.15, -0.1) is 0 Å². The van der Waals surface area contributed by atoms with Gasteiger partial charge in [-0.25, -0.2) is 4.98 Å². The van der Waals surface area contributed by atoms with Crippen molar-refractivity contribution in [2.45, 2.75) is 32.4 Å². The molecule has 2 aromatic rings. The molecule has 5 nitrogen and oxygen atoms in total. The van der Waals surface area contributed by atoms with Gasteiger partial charge in [-0.3, -0.25) is 9.69 Å². The van der Waals surface area contributed by atoms with Crippen molar-refractivity contribution in [3.05, 3.63) is 47.5 Å². The van der Waals surface area contributed by atoms with Gasteiger partial charge in [-0.2, -0.15) is 11.8 Å². The predicted molar refractivity (Wildman–Crippen MR) is 99.2 cm³/mol. The number of H-pyrrole nitrogens is 1. The Labute approximate surface area is 147 Å². The Bertz CT molecular complexity index is 683. The lowest BCUT2D eigenvalue weighted by atomic mass is 9.99. The molecular formula is C18H24N4OS. The first kappa shape index (κ1) is 17.0. The summed E-state index contributed by atoms with van der Waals surface area (Å²) >= 11 is 1.88. The summed E-state index contributed by atoms with van der Waals surface area (Å²) in [5.74, 6) is 1.09. The van der Waals surface area contributed by atoms with Crippen molar-refractivity contribution in [3.8, 4) is 0 Å². The molecular weight excluding hydrogens is 320 g/mol. The molecule has 1 aliphatic heterocycles. The molecule has 2 N–H and O–H groups in total. The van der Waals surface area contributed by atoms with Gasteiger partial charge >= 0.3 is 0 Å². The molecule has 1 amide bonds. The summed E-state index contributed by atoms with van der Waals surface area (Å²) in [4.78, 5) is 21.5. The standard InChI is InChI=1S/C18H24N4OS/c1-13(23)21-15-5-3-14(4-6-15)11-22-9-7-16-18(20-12-19-16)17(22)8-10-24-2/h3-6,12,17H,7-11H2,1-2H3,(H,19,20)(H,21,23)/t17-/m0/s1. The lowest BCUT2D eigenvalue weighted by Crippen LogP contribution is -2.35. The van der Waals surface area contributed by atoms with Gasteiger partial charge in [0.15, 0.2) is 0 Å². The Kier molecular flexibility index (Phi) is 5.58. The van der Waals surface area contributed by atoms with E-state index in [2.05, 4.69) is 38.6 Å². The van der Waals surface area contributed by atoms with E-state index in [9.17, 15) is 4.79 Å². The predicted octanol–water partition coefficient (Wildman–Crippen LogP) is 3.22. The first-order chi connectivity index (χ1) is 11.7. The van der Waals surface area contributed by atoms with Crippen LogP contribution < -0.4 is 5.32 Å². The zero-order valence-electron chi connectivity index (χ0n) is 14.2. The van der Waals surface area contributed by atoms with Crippen LogP contribution in [0.2, 0.25) is 0 Å². The van der Waals surface area contributed by atoms with Gasteiger partial charge in [0, 0.05) is 37.8 Å². The largest absolute Gasteiger partial charge is 0.348 e. The van der Waals surface area contributed by atoms with Crippen molar-refractivity contribution < 1.29 is 4.79 Å². The van der Waals surface area contributed by atoms with E-state index >= 15 is 0 Å². The lowest BCUT2D eigenvalue weighted by Gasteiger charge is -2.35. The van der Waals surface area contributed by atoms with Crippen LogP contribution in [0.15, 0.2) is 30.6 Å². The summed E-state index contributed by atoms with van der Waals surface area (Å²) in [7, 11) is 0. The minimum absolute atomic E-state index is 0.0398. The summed E-state index contributed by atoms with van der Waals surface area (Å²) in [6, 6.07) is 8.51. The van der Waals surface area contributed by atoms with Crippen LogP contribution in [0.5, 0.6) is 0 Å². The highest BCUT2D eigenvalue weighted by atomic mass is 32.2. The first-order valence-electron chi connectivity index (χ1n) is 8.29. The normalized spacial score (nSPS) is 17.5. The summed E-state index contributed by atoms with van der Waals surface area (Å²) in [6.07, 6.45) is 6.11. The molecule has 0 radical (unpaired) electrons. The number of nitrogens with zero attached hydrogens (tertiary/aromatic N) is 2. The molecule has 3 rings (SSSR count). The minimum atomic E-state index is -0.0398. The third-order valence-corrected chi connectivity index (χ3v) is 5.06. The first-order valence-corrected chi connectivity index (χ1v) is 9.68. The fourth-order valence-electron chi connectivity index (χ4n) is 3.27. The maximum atomic E-state index is 11.1. The second-order valence-corrected chi connectivity index (χ2v) is 7.15. The average Bonchev–Trinajstić information content (AvgIpc) is 3.04. The van der Waals surface area contributed by atoms with Crippen LogP contribution in [0, 0.1) is 0 Å². The molecule has 0 unspecified atom stereocenters. The highest BCUT2D eigenvalue weighted by molar-refractivity contribution is 7.98. The van der Waals surface area contributed by atoms with Crippen molar-refractivity contribution in [2.75, 3.05) is 23.9 Å². The highest BCUT2D eigenvalue weighted by Gasteiger charge is 2.29. The molecule has 1 atom stereocenters. The SMILES string of the molecule is CSCC[C@H]1c2nc[nH]c2CCN1Cc1ccc(NC(C)=O)cc1. The van der Waals surface area contributed by atoms with E-state index in [4.69, 9.17) is 0 Å². The number of benzene rings is 1. The van der Waals surface area contributed by atoms with Crippen LogP contribution in [0.1, 0.15) is 36.3 Å². The zero-order chi connectivity index (χ0) is 16.9. The van der Waals surface area contributed by atoms with E-state index in [0.29, 0.717) is 6.04 Å². The molecule has 6 heteroatoms. The number of aromatic nitrogens is 2. The number of carbonyl (C=O) groups is 1. The van der Waals surface area contributed by atoms with E-state index in [1.54, 1.807) is 0 Å². The van der Waals surface area contributed by atoms with E-state index < -0.39 is 0 Å². The average molecular weight is 344 g/mol. The van der Waals surface area contributed by atoms with Gasteiger partial charge < -0.3 is 10.3 Å². The molecule has 0 saturated heterocycles. The number of anilines is 1. The number of hydrogen-bond acceptors (Lipinski definition) is 4. The third-order valence-electron chi connectivity index (χ3n) is 4.41. The Morgan fingerprint density at radius 3 is 2.92 bits per heavy atom. The van der Waals surface area contributed by atoms with Crippen molar-refractivity contribution in [1.82, 2.24) is 14.9 Å². The van der Waals surface area contributed by atoms with E-state index in [0.717, 1.165) is 37.4 Å². The van der Waals surface area contributed by atoms with Crippen molar-refractivity contribution >= 4 is 23.4 Å². The third kappa shape index (κ3) is 3.99. The Balaban J connectivity index is 1.72. The zero-order valence-corrected chi connectivity index (χ0v) is 15.0. The van der Waals surface area contributed by atoms with Crippen LogP contribution in [0.25, 0.3) is 0 Å². The van der Waals surface area contributed by atoms with Gasteiger partial charge in [0.25, 0.3) is 0 Å². The number of amides is 1. The Hall–Kier alpha value is -1.79. The maximum Gasteiger partial charge on any atom is 0.221 e. The number of hydrogen-bond donors (Lipinski definition) is 2. The number of thioether (sulfide) groups is 1. The molecule has 1 aromatic carbocycles. The molecule has 2 heterocycles. The second kappa shape index (κ2) is 7.85. The topological polar surface area (TPSA) is 61.0 Å². The number of fused-ring (bicyclic) bond motifs is 1. The molecule has 0 aliphatic carbocycles. The molecule has 0 bridgehead atoms. The molecule has 0 spiro atoms. The van der Waals surface area contributed by atoms with Crippen LogP contribution in [0.3, 0.4) is 0 Å². The quantitative estimate of drug-likeness (QED) is 0.845. The fraction of sp³-hybridized carbons (Fsp3) is 0.444. The number of rotatable bonds is 6. The van der Waals surface area contributed by atoms with Crippen LogP contribution >= 0.6 is 11.8 Å². The van der Waals surface area contributed by atoms with Gasteiger partial charge in [-0.05, 0) is 36.1 Å². The Morgan fingerprint density at radius 2 is 2.21 bits per heavy atom. The number of imidazole rings is 1. The molecule has 128 valence electrons. The Morgan fingerprint density at radius 1 is 1.42 bits per heavy atom. The summed E-state index contributed by atoms with van der Waals surface area (Å²) in [5, 5.41) is 2.81. The van der Waals surface area contributed by atoms with Crippen LogP contribution in [-0.4, -0.2) is 39.3 Å². The van der Waals surface area contributed by atoms with E-state index in [1.165, 1.54) is 23.9 Å². The monoisotopic (exact) mass is 344 g/mol. The summed E-state index contributed by atoms with van der Waals surface area (Å²) in [5.41, 5.74) is 4.61. The molecule has 0 saturated carbocycles. The van der Waals surface area contributed by atoms with Gasteiger partial charge in [-0.1, -0.05) is 12.1 Å². The number of carbonyl (C=O) groups excluding carboxylic acids is 1. The van der Waals surface area contributed by atoms with Crippen molar-refractivity contribution in [1.29, 1.82) is 0 Å². The van der Waals surface area contributed by atoms with Crippen molar-refractivity contribution in [2.24, 2.45) is 0 Å². The summed E-state index contributed by atoms with van der Waals surface area (Å²) < 4.78 is 0. The van der Waals surface area contributed by atoms with E-state index in [1.807, 2.05) is 30.2 Å². The molecule has 1 aromatic heterocycles. The van der Waals surface area contributed by atoms with E-state index in [-0.39, 0.29) is 5.91 Å². The maximum absolute atomic E-state index is 11.1. The molecule has 1 aliphatic rings. The van der Waals surface area contributed by atoms with Gasteiger partial charge in [0.2, 0.25) is 5.91 Å². The van der Waals surface area contributed by atoms with Crippen LogP contribution in [0.4, 0.5) is 5.69 Å². The second-order valence-electron chi connectivity index (χ2n) is 6.16. The smallest absolute Gasteiger partial charge is 0.221 e. The number of nitrogens with one attached hydrogen (secondary N) is 2. The van der Waals surface area contributed by atoms with Gasteiger partial charge in [0.05, 0.1) is 18.1 Å².